The lowest BCUT2D eigenvalue weighted by molar-refractivity contribution is -0.609. The van der Waals surface area contributed by atoms with E-state index in [9.17, 15) is 0 Å². The molecule has 6 N–H and O–H groups in total. The van der Waals surface area contributed by atoms with Gasteiger partial charge in [-0.15, -0.1) is 4.68 Å². The van der Waals surface area contributed by atoms with Crippen LogP contribution in [0.3, 0.4) is 0 Å². The molecule has 66 valence electrons. The van der Waals surface area contributed by atoms with Gasteiger partial charge in [-0.1, -0.05) is 0 Å². The summed E-state index contributed by atoms with van der Waals surface area (Å²) < 4.78 is 2.20. The summed E-state index contributed by atoms with van der Waals surface area (Å²) in [6.07, 6.45) is 0. The van der Waals surface area contributed by atoms with Crippen LogP contribution in [0.5, 0.6) is 0 Å². The maximum Gasteiger partial charge on any atom is 0.245 e. The van der Waals surface area contributed by atoms with Crippen LogP contribution in [0.4, 0.5) is 11.6 Å². The summed E-state index contributed by atoms with van der Waals surface area (Å²) in [5.41, 5.74) is 13.2. The number of halogens is 1. The second-order valence-corrected chi connectivity index (χ2v) is 3.50. The number of nitrogens with zero attached hydrogens (tertiary/aromatic N) is 1. The molecule has 0 unspecified atom stereocenters. The summed E-state index contributed by atoms with van der Waals surface area (Å²) in [6.45, 7) is 3.77. The quantitative estimate of drug-likeness (QED) is 0.442. The van der Waals surface area contributed by atoms with Crippen LogP contribution in [0.1, 0.15) is 11.1 Å². The molecule has 1 aromatic rings. The molecule has 0 spiro atoms. The van der Waals surface area contributed by atoms with Crippen LogP contribution in [-0.4, -0.2) is 0 Å². The van der Waals surface area contributed by atoms with Gasteiger partial charge in [-0.05, 0) is 29.8 Å². The Morgan fingerprint density at radius 2 is 1.42 bits per heavy atom. The second-order valence-electron chi connectivity index (χ2n) is 2.70. The summed E-state index contributed by atoms with van der Waals surface area (Å²) >= 11 is 3.39. The van der Waals surface area contributed by atoms with E-state index in [-0.39, 0.29) is 0 Å². The fourth-order valence-corrected chi connectivity index (χ4v) is 1.40. The van der Waals surface area contributed by atoms with E-state index in [4.69, 9.17) is 17.3 Å². The molecule has 0 saturated heterocycles. The number of aromatic nitrogens is 1. The van der Waals surface area contributed by atoms with Crippen molar-refractivity contribution in [1.82, 2.24) is 0 Å². The molecule has 1 heterocycles. The fourth-order valence-electron chi connectivity index (χ4n) is 0.997. The van der Waals surface area contributed by atoms with E-state index in [2.05, 4.69) is 15.9 Å². The highest BCUT2D eigenvalue weighted by atomic mass is 79.9. The third-order valence-corrected chi connectivity index (χ3v) is 3.14. The van der Waals surface area contributed by atoms with E-state index in [1.54, 1.807) is 0 Å². The number of anilines is 2. The standard InChI is InChI=1S/C7H11BrN4/c1-3-5(8)4(2)7(10)12(11)6(3)9/h11H2,1-2H3,(H3,9,10)/p+1. The predicted molar refractivity (Wildman–Crippen MR) is 52.8 cm³/mol. The Kier molecular flexibility index (Phi) is 2.14. The van der Waals surface area contributed by atoms with Gasteiger partial charge >= 0.3 is 0 Å². The first kappa shape index (κ1) is 9.12. The monoisotopic (exact) mass is 231 g/mol. The van der Waals surface area contributed by atoms with Crippen molar-refractivity contribution in [2.75, 3.05) is 17.3 Å². The maximum absolute atomic E-state index is 5.68. The SMILES string of the molecule is Cc1c(Br)c(C)c(N)[n+](N)c1N. The van der Waals surface area contributed by atoms with Crippen LogP contribution in [-0.2, 0) is 0 Å². The van der Waals surface area contributed by atoms with E-state index < -0.39 is 0 Å². The summed E-state index contributed by atoms with van der Waals surface area (Å²) in [7, 11) is 0. The normalized spacial score (nSPS) is 10.2. The van der Waals surface area contributed by atoms with Crippen LogP contribution >= 0.6 is 15.9 Å². The number of nitrogens with two attached hydrogens (primary N) is 3. The molecule has 1 aromatic heterocycles. The molecular weight excluding hydrogens is 220 g/mol. The van der Waals surface area contributed by atoms with Gasteiger partial charge in [-0.3, -0.25) is 5.84 Å². The molecule has 0 aliphatic heterocycles. The summed E-state index contributed by atoms with van der Waals surface area (Å²) in [5, 5.41) is 0. The van der Waals surface area contributed by atoms with Crippen molar-refractivity contribution >= 4 is 27.6 Å². The number of rotatable bonds is 0. The highest BCUT2D eigenvalue weighted by molar-refractivity contribution is 9.10. The van der Waals surface area contributed by atoms with E-state index in [1.807, 2.05) is 13.8 Å². The molecule has 1 rings (SSSR count). The Hall–Kier alpha value is -0.970. The van der Waals surface area contributed by atoms with Gasteiger partial charge in [0.15, 0.2) is 0 Å². The molecule has 0 aliphatic carbocycles. The molecule has 4 nitrogen and oxygen atoms in total. The van der Waals surface area contributed by atoms with E-state index >= 15 is 0 Å². The lowest BCUT2D eigenvalue weighted by Crippen LogP contribution is -2.50. The highest BCUT2D eigenvalue weighted by Crippen LogP contribution is 2.25. The van der Waals surface area contributed by atoms with Crippen molar-refractivity contribution in [3.63, 3.8) is 0 Å². The van der Waals surface area contributed by atoms with Crippen LogP contribution in [0.2, 0.25) is 0 Å². The zero-order valence-electron chi connectivity index (χ0n) is 7.06. The minimum atomic E-state index is 0.477. The van der Waals surface area contributed by atoms with Crippen LogP contribution < -0.4 is 22.0 Å². The lowest BCUT2D eigenvalue weighted by Gasteiger charge is -2.09. The highest BCUT2D eigenvalue weighted by Gasteiger charge is 2.16. The Bertz CT molecular complexity index is 230. The molecule has 5 heteroatoms. The number of hydrogen-bond donors (Lipinski definition) is 3. The second kappa shape index (κ2) is 2.82. The average Bonchev–Trinajstić information content (AvgIpc) is 2.08. The molecule has 0 bridgehead atoms. The minimum Gasteiger partial charge on any atom is -0.317 e. The first-order valence-electron chi connectivity index (χ1n) is 3.47. The largest absolute Gasteiger partial charge is 0.317 e. The van der Waals surface area contributed by atoms with Gasteiger partial charge in [-0.25, -0.2) is 0 Å². The van der Waals surface area contributed by atoms with Gasteiger partial charge in [-0.2, -0.15) is 0 Å². The smallest absolute Gasteiger partial charge is 0.245 e. The molecule has 0 saturated carbocycles. The van der Waals surface area contributed by atoms with E-state index in [1.165, 1.54) is 4.68 Å². The van der Waals surface area contributed by atoms with Crippen LogP contribution in [0, 0.1) is 13.8 Å². The summed E-state index contributed by atoms with van der Waals surface area (Å²) in [5.74, 6) is 6.55. The molecule has 12 heavy (non-hydrogen) atoms. The average molecular weight is 232 g/mol. The number of nitrogen functional groups attached to an aromatic ring is 3. The molecular formula is C7H12BrN4+. The lowest BCUT2D eigenvalue weighted by atomic mass is 10.2. The summed E-state index contributed by atoms with van der Waals surface area (Å²) in [6, 6.07) is 0. The third-order valence-electron chi connectivity index (χ3n) is 1.95. The minimum absolute atomic E-state index is 0.477. The Balaban J connectivity index is 3.60. The van der Waals surface area contributed by atoms with E-state index in [0.29, 0.717) is 11.6 Å². The van der Waals surface area contributed by atoms with Crippen molar-refractivity contribution in [3.05, 3.63) is 15.6 Å². The fraction of sp³-hybridized carbons (Fsp3) is 0.286. The van der Waals surface area contributed by atoms with Gasteiger partial charge in [0.1, 0.15) is 0 Å². The first-order valence-corrected chi connectivity index (χ1v) is 4.26. The topological polar surface area (TPSA) is 81.9 Å². The van der Waals surface area contributed by atoms with Gasteiger partial charge in [0.05, 0.1) is 0 Å². The Morgan fingerprint density at radius 3 is 1.75 bits per heavy atom. The number of pyridine rings is 1. The molecule has 0 aromatic carbocycles. The molecule has 0 radical (unpaired) electrons. The van der Waals surface area contributed by atoms with Crippen LogP contribution in [0.15, 0.2) is 4.47 Å². The molecule has 0 amide bonds. The molecule has 0 atom stereocenters. The third kappa shape index (κ3) is 1.10. The van der Waals surface area contributed by atoms with Gasteiger partial charge in [0.25, 0.3) is 0 Å². The Morgan fingerprint density at radius 1 is 1.08 bits per heavy atom. The van der Waals surface area contributed by atoms with E-state index in [0.717, 1.165) is 15.6 Å². The van der Waals surface area contributed by atoms with Crippen molar-refractivity contribution in [2.45, 2.75) is 13.8 Å². The molecule has 0 fully saturated rings. The van der Waals surface area contributed by atoms with Gasteiger partial charge in [0, 0.05) is 15.6 Å². The Labute approximate surface area is 79.4 Å². The van der Waals surface area contributed by atoms with Crippen LogP contribution in [0.25, 0.3) is 0 Å². The van der Waals surface area contributed by atoms with Gasteiger partial charge in [0.2, 0.25) is 11.6 Å². The zero-order chi connectivity index (χ0) is 9.46. The van der Waals surface area contributed by atoms with Gasteiger partial charge < -0.3 is 11.5 Å². The molecule has 0 aliphatic rings. The maximum atomic E-state index is 5.68. The van der Waals surface area contributed by atoms with Crippen molar-refractivity contribution in [3.8, 4) is 0 Å². The predicted octanol–water partition coefficient (Wildman–Crippen LogP) is 0.232. The first-order chi connectivity index (χ1) is 5.46. The summed E-state index contributed by atoms with van der Waals surface area (Å²) in [4.78, 5) is 0. The number of hydrogen-bond acceptors (Lipinski definition) is 3. The van der Waals surface area contributed by atoms with Crippen molar-refractivity contribution < 1.29 is 4.68 Å². The van der Waals surface area contributed by atoms with Crippen molar-refractivity contribution in [1.29, 1.82) is 0 Å². The van der Waals surface area contributed by atoms with Crippen molar-refractivity contribution in [2.24, 2.45) is 0 Å². The zero-order valence-corrected chi connectivity index (χ0v) is 8.64.